The van der Waals surface area contributed by atoms with Crippen LogP contribution >= 0.6 is 11.6 Å². The molecule has 0 aliphatic carbocycles. The van der Waals surface area contributed by atoms with Gasteiger partial charge < -0.3 is 11.5 Å². The summed E-state index contributed by atoms with van der Waals surface area (Å²) in [5, 5.41) is 0.343. The molecule has 0 radical (unpaired) electrons. The lowest BCUT2D eigenvalue weighted by molar-refractivity contribution is -0.120. The molecular formula is C10H13ClN2O2S. The highest BCUT2D eigenvalue weighted by atomic mass is 35.5. The van der Waals surface area contributed by atoms with Crippen LogP contribution in [0.15, 0.2) is 23.1 Å². The molecule has 4 N–H and O–H groups in total. The van der Waals surface area contributed by atoms with Gasteiger partial charge in [-0.1, -0.05) is 24.6 Å². The molecule has 1 rings (SSSR count). The summed E-state index contributed by atoms with van der Waals surface area (Å²) in [4.78, 5) is 11.2. The van der Waals surface area contributed by atoms with Gasteiger partial charge in [0.2, 0.25) is 5.91 Å². The third-order valence-electron chi connectivity index (χ3n) is 2.11. The van der Waals surface area contributed by atoms with Gasteiger partial charge in [-0.15, -0.1) is 0 Å². The number of hydrogen-bond donors (Lipinski definition) is 2. The highest BCUT2D eigenvalue weighted by Crippen LogP contribution is 2.26. The maximum Gasteiger partial charge on any atom is 0.221 e. The molecule has 0 aromatic heterocycles. The van der Waals surface area contributed by atoms with Crippen molar-refractivity contribution in [1.29, 1.82) is 0 Å². The lowest BCUT2D eigenvalue weighted by Crippen LogP contribution is -2.25. The quantitative estimate of drug-likeness (QED) is 0.797. The van der Waals surface area contributed by atoms with E-state index in [1.165, 1.54) is 0 Å². The normalized spacial score (nSPS) is 14.4. The zero-order valence-electron chi connectivity index (χ0n) is 8.77. The lowest BCUT2D eigenvalue weighted by atomic mass is 10.2. The molecular weight excluding hydrogens is 248 g/mol. The van der Waals surface area contributed by atoms with Crippen molar-refractivity contribution in [2.24, 2.45) is 11.7 Å². The Morgan fingerprint density at radius 1 is 1.56 bits per heavy atom. The van der Waals surface area contributed by atoms with Crippen molar-refractivity contribution in [1.82, 2.24) is 0 Å². The number of halogens is 1. The van der Waals surface area contributed by atoms with E-state index in [1.807, 2.05) is 0 Å². The highest BCUT2D eigenvalue weighted by Gasteiger charge is 2.18. The summed E-state index contributed by atoms with van der Waals surface area (Å²) in [6.07, 6.45) is 0. The smallest absolute Gasteiger partial charge is 0.221 e. The molecule has 2 unspecified atom stereocenters. The molecule has 1 aromatic rings. The number of benzene rings is 1. The third kappa shape index (κ3) is 2.96. The van der Waals surface area contributed by atoms with Crippen LogP contribution < -0.4 is 11.5 Å². The fraction of sp³-hybridized carbons (Fsp3) is 0.300. The summed E-state index contributed by atoms with van der Waals surface area (Å²) in [6, 6.07) is 4.91. The Bertz CT molecular complexity index is 417. The van der Waals surface area contributed by atoms with E-state index in [9.17, 15) is 9.00 Å². The SMILES string of the molecule is CC(CS(=O)c1c(N)cccc1Cl)C(N)=O. The van der Waals surface area contributed by atoms with Gasteiger partial charge in [0.1, 0.15) is 0 Å². The van der Waals surface area contributed by atoms with Crippen LogP contribution in [0.5, 0.6) is 0 Å². The Kier molecular flexibility index (Phi) is 4.32. The number of amides is 1. The summed E-state index contributed by atoms with van der Waals surface area (Å²) in [7, 11) is -1.42. The first kappa shape index (κ1) is 13.0. The van der Waals surface area contributed by atoms with Crippen molar-refractivity contribution < 1.29 is 9.00 Å². The molecule has 6 heteroatoms. The van der Waals surface area contributed by atoms with Gasteiger partial charge in [-0.25, -0.2) is 0 Å². The lowest BCUT2D eigenvalue weighted by Gasteiger charge is -2.10. The molecule has 2 atom stereocenters. The van der Waals surface area contributed by atoms with E-state index in [1.54, 1.807) is 25.1 Å². The maximum absolute atomic E-state index is 11.9. The fourth-order valence-electron chi connectivity index (χ4n) is 1.16. The summed E-state index contributed by atoms with van der Waals surface area (Å²) in [5.41, 5.74) is 11.1. The van der Waals surface area contributed by atoms with E-state index in [4.69, 9.17) is 23.1 Å². The van der Waals surface area contributed by atoms with Gasteiger partial charge in [0.25, 0.3) is 0 Å². The fourth-order valence-corrected chi connectivity index (χ4v) is 3.00. The average Bonchev–Trinajstić information content (AvgIpc) is 2.16. The molecule has 1 amide bonds. The first-order valence-electron chi connectivity index (χ1n) is 4.65. The second-order valence-corrected chi connectivity index (χ2v) is 5.31. The van der Waals surface area contributed by atoms with E-state index < -0.39 is 22.6 Å². The standard InChI is InChI=1S/C10H13ClN2O2S/c1-6(10(13)14)5-16(15)9-7(11)3-2-4-8(9)12/h2-4,6H,5,12H2,1H3,(H2,13,14). The van der Waals surface area contributed by atoms with Crippen LogP contribution in [0.3, 0.4) is 0 Å². The van der Waals surface area contributed by atoms with Gasteiger partial charge in [-0.05, 0) is 12.1 Å². The predicted octanol–water partition coefficient (Wildman–Crippen LogP) is 1.15. The zero-order valence-corrected chi connectivity index (χ0v) is 10.3. The molecule has 16 heavy (non-hydrogen) atoms. The predicted molar refractivity (Wildman–Crippen MR) is 65.5 cm³/mol. The number of anilines is 1. The number of nitrogen functional groups attached to an aromatic ring is 1. The van der Waals surface area contributed by atoms with Crippen LogP contribution in [0.2, 0.25) is 5.02 Å². The number of primary amides is 1. The number of carbonyl (C=O) groups is 1. The van der Waals surface area contributed by atoms with Crippen LogP contribution in [0.1, 0.15) is 6.92 Å². The van der Waals surface area contributed by atoms with Crippen molar-refractivity contribution in [3.63, 3.8) is 0 Å². The van der Waals surface area contributed by atoms with Crippen LogP contribution in [-0.4, -0.2) is 15.9 Å². The van der Waals surface area contributed by atoms with Crippen LogP contribution in [0.4, 0.5) is 5.69 Å². The zero-order chi connectivity index (χ0) is 12.3. The van der Waals surface area contributed by atoms with Crippen LogP contribution in [0.25, 0.3) is 0 Å². The van der Waals surface area contributed by atoms with Crippen molar-refractivity contribution in [2.45, 2.75) is 11.8 Å². The number of carbonyl (C=O) groups excluding carboxylic acids is 1. The molecule has 4 nitrogen and oxygen atoms in total. The van der Waals surface area contributed by atoms with Gasteiger partial charge in [-0.3, -0.25) is 9.00 Å². The van der Waals surface area contributed by atoms with E-state index >= 15 is 0 Å². The molecule has 0 saturated carbocycles. The minimum absolute atomic E-state index is 0.128. The minimum Gasteiger partial charge on any atom is -0.398 e. The minimum atomic E-state index is -1.42. The summed E-state index contributed by atoms with van der Waals surface area (Å²) >= 11 is 5.90. The maximum atomic E-state index is 11.9. The molecule has 0 saturated heterocycles. The van der Waals surface area contributed by atoms with E-state index in [0.29, 0.717) is 15.6 Å². The second-order valence-electron chi connectivity index (χ2n) is 3.47. The Morgan fingerprint density at radius 3 is 2.69 bits per heavy atom. The third-order valence-corrected chi connectivity index (χ3v) is 4.25. The molecule has 0 heterocycles. The average molecular weight is 261 g/mol. The number of hydrogen-bond acceptors (Lipinski definition) is 3. The van der Waals surface area contributed by atoms with Crippen molar-refractivity contribution in [3.8, 4) is 0 Å². The van der Waals surface area contributed by atoms with Gasteiger partial charge in [0, 0.05) is 17.4 Å². The molecule has 0 spiro atoms. The van der Waals surface area contributed by atoms with E-state index in [2.05, 4.69) is 0 Å². The summed E-state index contributed by atoms with van der Waals surface area (Å²) in [5.74, 6) is -0.834. The highest BCUT2D eigenvalue weighted by molar-refractivity contribution is 7.85. The monoisotopic (exact) mass is 260 g/mol. The van der Waals surface area contributed by atoms with E-state index in [-0.39, 0.29) is 5.75 Å². The topological polar surface area (TPSA) is 86.2 Å². The van der Waals surface area contributed by atoms with Gasteiger partial charge in [0.05, 0.1) is 20.7 Å². The van der Waals surface area contributed by atoms with Gasteiger partial charge >= 0.3 is 0 Å². The molecule has 0 aliphatic heterocycles. The number of rotatable bonds is 4. The van der Waals surface area contributed by atoms with Gasteiger partial charge in [-0.2, -0.15) is 0 Å². The Morgan fingerprint density at radius 2 is 2.19 bits per heavy atom. The van der Waals surface area contributed by atoms with Crippen LogP contribution in [-0.2, 0) is 15.6 Å². The van der Waals surface area contributed by atoms with Crippen LogP contribution in [0, 0.1) is 5.92 Å². The molecule has 88 valence electrons. The first-order valence-corrected chi connectivity index (χ1v) is 6.35. The van der Waals surface area contributed by atoms with Crippen molar-refractivity contribution in [3.05, 3.63) is 23.2 Å². The second kappa shape index (κ2) is 5.32. The molecule has 0 fully saturated rings. The van der Waals surface area contributed by atoms with Crippen molar-refractivity contribution >= 4 is 34.0 Å². The Labute approximate surface area is 101 Å². The largest absolute Gasteiger partial charge is 0.398 e. The molecule has 1 aromatic carbocycles. The van der Waals surface area contributed by atoms with Gasteiger partial charge in [0.15, 0.2) is 0 Å². The number of nitrogens with two attached hydrogens (primary N) is 2. The van der Waals surface area contributed by atoms with E-state index in [0.717, 1.165) is 0 Å². The summed E-state index contributed by atoms with van der Waals surface area (Å²) < 4.78 is 11.9. The van der Waals surface area contributed by atoms with Crippen molar-refractivity contribution in [2.75, 3.05) is 11.5 Å². The Balaban J connectivity index is 2.93. The Hall–Kier alpha value is -1.07. The molecule has 0 bridgehead atoms. The molecule has 0 aliphatic rings. The summed E-state index contributed by atoms with van der Waals surface area (Å²) in [6.45, 7) is 1.62. The first-order chi connectivity index (χ1) is 7.43.